The minimum atomic E-state index is -1.16. The van der Waals surface area contributed by atoms with Crippen LogP contribution in [0.3, 0.4) is 0 Å². The molecular weight excluding hydrogens is 238 g/mol. The van der Waals surface area contributed by atoms with Gasteiger partial charge in [-0.25, -0.2) is 9.59 Å². The first-order valence-corrected chi connectivity index (χ1v) is 5.41. The first kappa shape index (κ1) is 14.0. The lowest BCUT2D eigenvalue weighted by atomic mass is 10.0. The minimum Gasteiger partial charge on any atom is -0.478 e. The average Bonchev–Trinajstić information content (AvgIpc) is 2.30. The maximum absolute atomic E-state index is 11.7. The van der Waals surface area contributed by atoms with Crippen LogP contribution in [0, 0.1) is 5.92 Å². The van der Waals surface area contributed by atoms with Gasteiger partial charge in [0.2, 0.25) is 0 Å². The second-order valence-electron chi connectivity index (χ2n) is 4.18. The third-order valence-electron chi connectivity index (χ3n) is 2.56. The van der Waals surface area contributed by atoms with Gasteiger partial charge in [0.25, 0.3) is 5.56 Å². The maximum Gasteiger partial charge on any atom is 0.337 e. The number of hydrogen-bond donors (Lipinski definition) is 1. The van der Waals surface area contributed by atoms with E-state index >= 15 is 0 Å². The molecule has 0 saturated heterocycles. The highest BCUT2D eigenvalue weighted by Crippen LogP contribution is 2.17. The molecule has 1 N–H and O–H groups in total. The fourth-order valence-electron chi connectivity index (χ4n) is 1.68. The predicted molar refractivity (Wildman–Crippen MR) is 63.6 cm³/mol. The van der Waals surface area contributed by atoms with Gasteiger partial charge in [0.05, 0.1) is 12.7 Å². The summed E-state index contributed by atoms with van der Waals surface area (Å²) >= 11 is 0. The van der Waals surface area contributed by atoms with E-state index in [1.807, 2.05) is 0 Å². The quantitative estimate of drug-likeness (QED) is 0.806. The number of hydrogen-bond acceptors (Lipinski definition) is 4. The van der Waals surface area contributed by atoms with Crippen LogP contribution < -0.4 is 5.56 Å². The standard InChI is InChI=1S/C12H15NO5/c1-7(2)10(12(17)18-3)13-6-8(11(15)16)4-5-9(13)14/h4-7,10H,1-3H3,(H,15,16). The summed E-state index contributed by atoms with van der Waals surface area (Å²) in [5.74, 6) is -1.93. The maximum atomic E-state index is 11.7. The first-order valence-electron chi connectivity index (χ1n) is 5.41. The van der Waals surface area contributed by atoms with Gasteiger partial charge in [-0.15, -0.1) is 0 Å². The SMILES string of the molecule is COC(=O)C(C(C)C)n1cc(C(=O)O)ccc1=O. The predicted octanol–water partition coefficient (Wildman–Crippen LogP) is 0.917. The van der Waals surface area contributed by atoms with E-state index in [1.165, 1.54) is 13.2 Å². The molecule has 1 rings (SSSR count). The molecule has 18 heavy (non-hydrogen) atoms. The number of methoxy groups -OCH3 is 1. The Bertz CT molecular complexity index is 517. The van der Waals surface area contributed by atoms with Crippen molar-refractivity contribution in [2.24, 2.45) is 5.92 Å². The molecular formula is C12H15NO5. The van der Waals surface area contributed by atoms with E-state index in [2.05, 4.69) is 4.74 Å². The Morgan fingerprint density at radius 3 is 2.39 bits per heavy atom. The van der Waals surface area contributed by atoms with E-state index in [9.17, 15) is 14.4 Å². The zero-order chi connectivity index (χ0) is 13.9. The zero-order valence-corrected chi connectivity index (χ0v) is 10.4. The molecule has 0 amide bonds. The van der Waals surface area contributed by atoms with Crippen LogP contribution in [-0.4, -0.2) is 28.7 Å². The molecule has 1 unspecified atom stereocenters. The van der Waals surface area contributed by atoms with Crippen LogP contribution in [0.5, 0.6) is 0 Å². The van der Waals surface area contributed by atoms with Crippen molar-refractivity contribution in [1.82, 2.24) is 4.57 Å². The lowest BCUT2D eigenvalue weighted by Crippen LogP contribution is -2.33. The Morgan fingerprint density at radius 1 is 1.33 bits per heavy atom. The van der Waals surface area contributed by atoms with Gasteiger partial charge in [-0.1, -0.05) is 13.8 Å². The summed E-state index contributed by atoms with van der Waals surface area (Å²) in [7, 11) is 1.23. The van der Waals surface area contributed by atoms with E-state index in [-0.39, 0.29) is 11.5 Å². The van der Waals surface area contributed by atoms with Crippen molar-refractivity contribution in [2.75, 3.05) is 7.11 Å². The van der Waals surface area contributed by atoms with Gasteiger partial charge in [-0.05, 0) is 12.0 Å². The highest BCUT2D eigenvalue weighted by Gasteiger charge is 2.26. The van der Waals surface area contributed by atoms with Gasteiger partial charge in [-0.3, -0.25) is 4.79 Å². The molecule has 6 nitrogen and oxygen atoms in total. The van der Waals surface area contributed by atoms with Crippen LogP contribution >= 0.6 is 0 Å². The highest BCUT2D eigenvalue weighted by atomic mass is 16.5. The average molecular weight is 253 g/mol. The van der Waals surface area contributed by atoms with Crippen molar-refractivity contribution in [3.05, 3.63) is 34.2 Å². The molecule has 1 atom stereocenters. The Labute approximate surface area is 104 Å². The first-order chi connectivity index (χ1) is 8.38. The van der Waals surface area contributed by atoms with Gasteiger partial charge in [0.15, 0.2) is 0 Å². The van der Waals surface area contributed by atoms with Crippen molar-refractivity contribution in [3.63, 3.8) is 0 Å². The number of carbonyl (C=O) groups is 2. The fourth-order valence-corrected chi connectivity index (χ4v) is 1.68. The summed E-state index contributed by atoms with van der Waals surface area (Å²) in [5, 5.41) is 8.88. The van der Waals surface area contributed by atoms with E-state index in [0.29, 0.717) is 0 Å². The molecule has 0 aliphatic carbocycles. The van der Waals surface area contributed by atoms with Gasteiger partial charge in [-0.2, -0.15) is 0 Å². The molecule has 0 aliphatic heterocycles. The minimum absolute atomic E-state index is 0.0517. The summed E-state index contributed by atoms with van der Waals surface area (Å²) in [6, 6.07) is 1.50. The highest BCUT2D eigenvalue weighted by molar-refractivity contribution is 5.87. The fraction of sp³-hybridized carbons (Fsp3) is 0.417. The number of carboxylic acid groups (broad SMARTS) is 1. The molecule has 0 aliphatic rings. The number of ether oxygens (including phenoxy) is 1. The van der Waals surface area contributed by atoms with Gasteiger partial charge in [0.1, 0.15) is 6.04 Å². The van der Waals surface area contributed by atoms with Crippen LogP contribution in [0.4, 0.5) is 0 Å². The summed E-state index contributed by atoms with van der Waals surface area (Å²) in [5.41, 5.74) is -0.492. The second-order valence-corrected chi connectivity index (χ2v) is 4.18. The number of esters is 1. The Hall–Kier alpha value is -2.11. The molecule has 6 heteroatoms. The largest absolute Gasteiger partial charge is 0.478 e. The van der Waals surface area contributed by atoms with Gasteiger partial charge < -0.3 is 14.4 Å². The zero-order valence-electron chi connectivity index (χ0n) is 10.4. The molecule has 0 bridgehead atoms. The molecule has 0 spiro atoms. The molecule has 98 valence electrons. The van der Waals surface area contributed by atoms with Crippen molar-refractivity contribution >= 4 is 11.9 Å². The molecule has 0 aromatic carbocycles. The molecule has 1 heterocycles. The molecule has 0 fully saturated rings. The summed E-state index contributed by atoms with van der Waals surface area (Å²) in [6.45, 7) is 3.50. The number of aromatic nitrogens is 1. The number of aromatic carboxylic acids is 1. The lowest BCUT2D eigenvalue weighted by molar-refractivity contribution is -0.146. The van der Waals surface area contributed by atoms with E-state index in [4.69, 9.17) is 5.11 Å². The molecule has 0 radical (unpaired) electrons. The molecule has 1 aromatic rings. The van der Waals surface area contributed by atoms with Crippen LogP contribution in [0.25, 0.3) is 0 Å². The van der Waals surface area contributed by atoms with Gasteiger partial charge in [0, 0.05) is 12.3 Å². The number of rotatable bonds is 4. The van der Waals surface area contributed by atoms with Crippen LogP contribution in [0.2, 0.25) is 0 Å². The Balaban J connectivity index is 3.36. The summed E-state index contributed by atoms with van der Waals surface area (Å²) in [6.07, 6.45) is 1.16. The monoisotopic (exact) mass is 253 g/mol. The van der Waals surface area contributed by atoms with Crippen LogP contribution in [0.1, 0.15) is 30.2 Å². The summed E-state index contributed by atoms with van der Waals surface area (Å²) < 4.78 is 5.73. The smallest absolute Gasteiger partial charge is 0.337 e. The molecule has 1 aromatic heterocycles. The third-order valence-corrected chi connectivity index (χ3v) is 2.56. The number of carboxylic acids is 1. The van der Waals surface area contributed by atoms with Crippen molar-refractivity contribution in [3.8, 4) is 0 Å². The van der Waals surface area contributed by atoms with E-state index < -0.39 is 23.5 Å². The Morgan fingerprint density at radius 2 is 1.94 bits per heavy atom. The second kappa shape index (κ2) is 5.48. The number of nitrogens with zero attached hydrogens (tertiary/aromatic N) is 1. The van der Waals surface area contributed by atoms with Crippen molar-refractivity contribution < 1.29 is 19.4 Å². The normalized spacial score (nSPS) is 12.2. The van der Waals surface area contributed by atoms with E-state index in [1.54, 1.807) is 13.8 Å². The van der Waals surface area contributed by atoms with Crippen LogP contribution in [0.15, 0.2) is 23.1 Å². The number of carbonyl (C=O) groups excluding carboxylic acids is 1. The molecule has 0 saturated carbocycles. The van der Waals surface area contributed by atoms with E-state index in [0.717, 1.165) is 16.8 Å². The Kier molecular flexibility index (Phi) is 4.25. The summed E-state index contributed by atoms with van der Waals surface area (Å²) in [4.78, 5) is 34.2. The van der Waals surface area contributed by atoms with Crippen molar-refractivity contribution in [2.45, 2.75) is 19.9 Å². The lowest BCUT2D eigenvalue weighted by Gasteiger charge is -2.21. The topological polar surface area (TPSA) is 85.6 Å². The van der Waals surface area contributed by atoms with Crippen molar-refractivity contribution in [1.29, 1.82) is 0 Å². The third kappa shape index (κ3) is 2.77. The van der Waals surface area contributed by atoms with Crippen LogP contribution in [-0.2, 0) is 9.53 Å². The van der Waals surface area contributed by atoms with Gasteiger partial charge >= 0.3 is 11.9 Å². The number of pyridine rings is 1.